The summed E-state index contributed by atoms with van der Waals surface area (Å²) in [5, 5.41) is 4.15. The largest absolute Gasteiger partial charge is 0.477 e. The van der Waals surface area contributed by atoms with E-state index in [4.69, 9.17) is 10.5 Å². The van der Waals surface area contributed by atoms with Gasteiger partial charge in [0.15, 0.2) is 5.82 Å². The first-order valence-electron chi connectivity index (χ1n) is 7.58. The van der Waals surface area contributed by atoms with Crippen LogP contribution in [-0.4, -0.2) is 50.3 Å². The zero-order valence-corrected chi connectivity index (χ0v) is 12.9. The minimum Gasteiger partial charge on any atom is -0.477 e. The second-order valence-corrected chi connectivity index (χ2v) is 5.30. The Labute approximate surface area is 133 Å². The van der Waals surface area contributed by atoms with Crippen LogP contribution >= 0.6 is 0 Å². The molecule has 1 atom stereocenters. The lowest BCUT2D eigenvalue weighted by atomic mass is 10.1. The van der Waals surface area contributed by atoms with Gasteiger partial charge in [0.25, 0.3) is 5.91 Å². The number of nitrogens with zero attached hydrogens (tertiary/aromatic N) is 6. The van der Waals surface area contributed by atoms with Crippen LogP contribution in [0.15, 0.2) is 18.7 Å². The molecule has 9 nitrogen and oxygen atoms in total. The lowest BCUT2D eigenvalue weighted by molar-refractivity contribution is 0.0990. The van der Waals surface area contributed by atoms with Gasteiger partial charge in [0.2, 0.25) is 11.7 Å². The SMILES string of the molecule is CCOc1cncc(N2CCC[C@H](n3cnc(C(N)=O)n3)C2)n1. The molecule has 0 aromatic carbocycles. The maximum Gasteiger partial charge on any atom is 0.288 e. The van der Waals surface area contributed by atoms with Gasteiger partial charge < -0.3 is 15.4 Å². The smallest absolute Gasteiger partial charge is 0.288 e. The summed E-state index contributed by atoms with van der Waals surface area (Å²) < 4.78 is 7.10. The molecule has 9 heteroatoms. The summed E-state index contributed by atoms with van der Waals surface area (Å²) in [7, 11) is 0. The third-order valence-corrected chi connectivity index (χ3v) is 3.72. The fraction of sp³-hybridized carbons (Fsp3) is 0.500. The molecule has 0 saturated carbocycles. The van der Waals surface area contributed by atoms with Gasteiger partial charge in [0.05, 0.1) is 25.0 Å². The number of piperidine rings is 1. The summed E-state index contributed by atoms with van der Waals surface area (Å²) in [5.74, 6) is 0.715. The fourth-order valence-corrected chi connectivity index (χ4v) is 2.65. The van der Waals surface area contributed by atoms with Crippen LogP contribution in [0, 0.1) is 0 Å². The lowest BCUT2D eigenvalue weighted by Gasteiger charge is -2.33. The summed E-state index contributed by atoms with van der Waals surface area (Å²) in [6.07, 6.45) is 6.82. The highest BCUT2D eigenvalue weighted by molar-refractivity contribution is 5.88. The van der Waals surface area contributed by atoms with E-state index < -0.39 is 5.91 Å². The summed E-state index contributed by atoms with van der Waals surface area (Å²) in [5.41, 5.74) is 5.20. The zero-order valence-electron chi connectivity index (χ0n) is 12.9. The maximum absolute atomic E-state index is 11.1. The molecule has 23 heavy (non-hydrogen) atoms. The number of anilines is 1. The molecule has 0 unspecified atom stereocenters. The molecule has 2 aromatic rings. The molecular weight excluding hydrogens is 298 g/mol. The van der Waals surface area contributed by atoms with Crippen LogP contribution in [-0.2, 0) is 0 Å². The minimum atomic E-state index is -0.619. The van der Waals surface area contributed by atoms with Gasteiger partial charge >= 0.3 is 0 Å². The van der Waals surface area contributed by atoms with Crippen LogP contribution in [0.5, 0.6) is 5.88 Å². The summed E-state index contributed by atoms with van der Waals surface area (Å²) in [6.45, 7) is 4.06. The third-order valence-electron chi connectivity index (χ3n) is 3.72. The predicted octanol–water partition coefficient (Wildman–Crippen LogP) is 0.407. The second kappa shape index (κ2) is 6.59. The molecule has 2 aromatic heterocycles. The van der Waals surface area contributed by atoms with Crippen LogP contribution in [0.1, 0.15) is 36.4 Å². The Kier molecular flexibility index (Phi) is 4.35. The van der Waals surface area contributed by atoms with E-state index in [2.05, 4.69) is 25.0 Å². The van der Waals surface area contributed by atoms with E-state index in [9.17, 15) is 4.79 Å². The third kappa shape index (κ3) is 3.38. The second-order valence-electron chi connectivity index (χ2n) is 5.30. The van der Waals surface area contributed by atoms with Crippen molar-refractivity contribution in [1.82, 2.24) is 24.7 Å². The molecule has 1 amide bonds. The molecule has 2 N–H and O–H groups in total. The Morgan fingerprint density at radius 1 is 1.48 bits per heavy atom. The van der Waals surface area contributed by atoms with Crippen LogP contribution < -0.4 is 15.4 Å². The molecule has 1 aliphatic rings. The number of carbonyl (C=O) groups excluding carboxylic acids is 1. The highest BCUT2D eigenvalue weighted by atomic mass is 16.5. The van der Waals surface area contributed by atoms with Crippen molar-refractivity contribution in [3.05, 3.63) is 24.5 Å². The summed E-state index contributed by atoms with van der Waals surface area (Å²) in [6, 6.07) is 0.113. The summed E-state index contributed by atoms with van der Waals surface area (Å²) >= 11 is 0. The molecule has 3 heterocycles. The van der Waals surface area contributed by atoms with Gasteiger partial charge in [-0.2, -0.15) is 4.98 Å². The van der Waals surface area contributed by atoms with Crippen LogP contribution in [0.25, 0.3) is 0 Å². The topological polar surface area (TPSA) is 112 Å². The van der Waals surface area contributed by atoms with E-state index >= 15 is 0 Å². The monoisotopic (exact) mass is 317 g/mol. The van der Waals surface area contributed by atoms with E-state index in [1.165, 1.54) is 0 Å². The average molecular weight is 317 g/mol. The molecule has 0 spiro atoms. The van der Waals surface area contributed by atoms with E-state index in [1.54, 1.807) is 23.4 Å². The minimum absolute atomic E-state index is 0.0419. The number of primary amides is 1. The molecule has 1 fully saturated rings. The van der Waals surface area contributed by atoms with Crippen molar-refractivity contribution in [2.75, 3.05) is 24.6 Å². The van der Waals surface area contributed by atoms with Crippen molar-refractivity contribution < 1.29 is 9.53 Å². The van der Waals surface area contributed by atoms with Crippen molar-refractivity contribution in [2.45, 2.75) is 25.8 Å². The van der Waals surface area contributed by atoms with Crippen molar-refractivity contribution >= 4 is 11.7 Å². The predicted molar refractivity (Wildman–Crippen MR) is 82.2 cm³/mol. The normalized spacial score (nSPS) is 18.0. The zero-order chi connectivity index (χ0) is 16.2. The van der Waals surface area contributed by atoms with Gasteiger partial charge in [-0.15, -0.1) is 5.10 Å². The van der Waals surface area contributed by atoms with Gasteiger partial charge in [-0.05, 0) is 19.8 Å². The lowest BCUT2D eigenvalue weighted by Crippen LogP contribution is -2.37. The quantitative estimate of drug-likeness (QED) is 0.849. The van der Waals surface area contributed by atoms with Crippen LogP contribution in [0.2, 0.25) is 0 Å². The number of amides is 1. The van der Waals surface area contributed by atoms with Crippen LogP contribution in [0.4, 0.5) is 5.82 Å². The highest BCUT2D eigenvalue weighted by Gasteiger charge is 2.24. The van der Waals surface area contributed by atoms with Crippen LogP contribution in [0.3, 0.4) is 0 Å². The van der Waals surface area contributed by atoms with E-state index in [0.717, 1.165) is 25.2 Å². The first-order chi connectivity index (χ1) is 11.2. The molecular formula is C14H19N7O2. The Hall–Kier alpha value is -2.71. The van der Waals surface area contributed by atoms with Gasteiger partial charge in [-0.3, -0.25) is 9.78 Å². The number of hydrogen-bond donors (Lipinski definition) is 1. The Balaban J connectivity index is 1.74. The average Bonchev–Trinajstić information content (AvgIpc) is 3.06. The number of rotatable bonds is 5. The van der Waals surface area contributed by atoms with E-state index in [1.807, 2.05) is 6.92 Å². The molecule has 0 radical (unpaired) electrons. The highest BCUT2D eigenvalue weighted by Crippen LogP contribution is 2.25. The molecule has 1 aliphatic heterocycles. The maximum atomic E-state index is 11.1. The van der Waals surface area contributed by atoms with Crippen molar-refractivity contribution in [1.29, 1.82) is 0 Å². The molecule has 0 bridgehead atoms. The van der Waals surface area contributed by atoms with Gasteiger partial charge in [0, 0.05) is 13.1 Å². The van der Waals surface area contributed by atoms with Gasteiger partial charge in [0.1, 0.15) is 6.33 Å². The molecule has 3 rings (SSSR count). The molecule has 122 valence electrons. The first-order valence-corrected chi connectivity index (χ1v) is 7.58. The first kappa shape index (κ1) is 15.2. The van der Waals surface area contributed by atoms with Gasteiger partial charge in [-0.25, -0.2) is 9.67 Å². The number of aromatic nitrogens is 5. The van der Waals surface area contributed by atoms with Crippen molar-refractivity contribution in [3.63, 3.8) is 0 Å². The van der Waals surface area contributed by atoms with E-state index in [0.29, 0.717) is 19.0 Å². The number of hydrogen-bond acceptors (Lipinski definition) is 7. The van der Waals surface area contributed by atoms with Crippen molar-refractivity contribution in [2.24, 2.45) is 5.73 Å². The molecule has 1 saturated heterocycles. The Morgan fingerprint density at radius 3 is 3.09 bits per heavy atom. The number of carbonyl (C=O) groups is 1. The molecule has 0 aliphatic carbocycles. The standard InChI is InChI=1S/C14H19N7O2/c1-2-23-12-7-16-6-11(18-12)20-5-3-4-10(8-20)21-9-17-14(19-21)13(15)22/h6-7,9-10H,2-5,8H2,1H3,(H2,15,22)/t10-/m0/s1. The van der Waals surface area contributed by atoms with Crippen molar-refractivity contribution in [3.8, 4) is 5.88 Å². The summed E-state index contributed by atoms with van der Waals surface area (Å²) in [4.78, 5) is 25.8. The number of ether oxygens (including phenoxy) is 1. The number of nitrogens with two attached hydrogens (primary N) is 1. The van der Waals surface area contributed by atoms with E-state index in [-0.39, 0.29) is 11.9 Å². The van der Waals surface area contributed by atoms with Gasteiger partial charge in [-0.1, -0.05) is 0 Å². The Bertz CT molecular complexity index is 687. The Morgan fingerprint density at radius 2 is 2.35 bits per heavy atom. The fourth-order valence-electron chi connectivity index (χ4n) is 2.65.